The molecule has 0 amide bonds. The molecular weight excluding hydrogens is 162 g/mol. The van der Waals surface area contributed by atoms with Crippen molar-refractivity contribution in [2.45, 2.75) is 33.1 Å². The summed E-state index contributed by atoms with van der Waals surface area (Å²) in [6.07, 6.45) is 0. The van der Waals surface area contributed by atoms with E-state index in [4.69, 9.17) is 4.74 Å². The largest absolute Gasteiger partial charge is 0.497 e. The summed E-state index contributed by atoms with van der Waals surface area (Å²) in [7, 11) is 1.68. The summed E-state index contributed by atoms with van der Waals surface area (Å²) in [4.78, 5) is 4.47. The van der Waals surface area contributed by atoms with Crippen molar-refractivity contribution in [3.8, 4) is 5.75 Å². The summed E-state index contributed by atoms with van der Waals surface area (Å²) in [5, 5.41) is 0. The molecule has 72 valence electrons. The third-order valence-electron chi connectivity index (χ3n) is 1.93. The van der Waals surface area contributed by atoms with Gasteiger partial charge in [0.25, 0.3) is 0 Å². The fourth-order valence-corrected chi connectivity index (χ4v) is 1.14. The highest BCUT2D eigenvalue weighted by Gasteiger charge is 2.16. The molecule has 0 aliphatic carbocycles. The second-order valence-electron chi connectivity index (χ2n) is 4.28. The van der Waals surface area contributed by atoms with E-state index in [-0.39, 0.29) is 5.41 Å². The van der Waals surface area contributed by atoms with E-state index < -0.39 is 0 Å². The lowest BCUT2D eigenvalue weighted by molar-refractivity contribution is 0.410. The molecular formula is C11H17NO. The van der Waals surface area contributed by atoms with Gasteiger partial charge in [-0.05, 0) is 6.92 Å². The van der Waals surface area contributed by atoms with Gasteiger partial charge in [0.1, 0.15) is 5.75 Å². The number of ether oxygens (including phenoxy) is 1. The lowest BCUT2D eigenvalue weighted by atomic mass is 9.91. The molecule has 2 nitrogen and oxygen atoms in total. The van der Waals surface area contributed by atoms with Gasteiger partial charge in [0, 0.05) is 28.9 Å². The predicted molar refractivity (Wildman–Crippen MR) is 54.2 cm³/mol. The number of pyridine rings is 1. The first kappa shape index (κ1) is 10.0. The smallest absolute Gasteiger partial charge is 0.122 e. The van der Waals surface area contributed by atoms with E-state index >= 15 is 0 Å². The van der Waals surface area contributed by atoms with Crippen LogP contribution in [0.5, 0.6) is 5.75 Å². The van der Waals surface area contributed by atoms with Gasteiger partial charge in [-0.3, -0.25) is 4.98 Å². The van der Waals surface area contributed by atoms with Crippen molar-refractivity contribution in [2.75, 3.05) is 7.11 Å². The van der Waals surface area contributed by atoms with Gasteiger partial charge in [0.2, 0.25) is 0 Å². The van der Waals surface area contributed by atoms with Crippen molar-refractivity contribution in [1.82, 2.24) is 4.98 Å². The van der Waals surface area contributed by atoms with E-state index in [0.29, 0.717) is 0 Å². The zero-order valence-corrected chi connectivity index (χ0v) is 9.01. The van der Waals surface area contributed by atoms with Crippen LogP contribution in [0.4, 0.5) is 0 Å². The standard InChI is InChI=1S/C11H17NO/c1-8-6-9(13-5)7-10(12-8)11(2,3)4/h6-7H,1-5H3. The van der Waals surface area contributed by atoms with Crippen LogP contribution >= 0.6 is 0 Å². The summed E-state index contributed by atoms with van der Waals surface area (Å²) in [5.74, 6) is 0.887. The minimum Gasteiger partial charge on any atom is -0.497 e. The first-order valence-electron chi connectivity index (χ1n) is 4.46. The Bertz CT molecular complexity index is 299. The number of methoxy groups -OCH3 is 1. The van der Waals surface area contributed by atoms with Gasteiger partial charge in [0.05, 0.1) is 7.11 Å². The minimum absolute atomic E-state index is 0.0826. The van der Waals surface area contributed by atoms with Crippen molar-refractivity contribution in [3.63, 3.8) is 0 Å². The van der Waals surface area contributed by atoms with Crippen LogP contribution in [-0.2, 0) is 5.41 Å². The normalized spacial score (nSPS) is 11.5. The maximum absolute atomic E-state index is 5.19. The van der Waals surface area contributed by atoms with Crippen molar-refractivity contribution < 1.29 is 4.74 Å². The van der Waals surface area contributed by atoms with Crippen LogP contribution in [0.15, 0.2) is 12.1 Å². The predicted octanol–water partition coefficient (Wildman–Crippen LogP) is 2.70. The SMILES string of the molecule is COc1cc(C)nc(C(C)(C)C)c1. The van der Waals surface area contributed by atoms with Gasteiger partial charge in [0.15, 0.2) is 0 Å². The highest BCUT2D eigenvalue weighted by molar-refractivity contribution is 5.29. The molecule has 0 aliphatic rings. The monoisotopic (exact) mass is 179 g/mol. The van der Waals surface area contributed by atoms with Crippen molar-refractivity contribution in [1.29, 1.82) is 0 Å². The van der Waals surface area contributed by atoms with E-state index in [9.17, 15) is 0 Å². The Morgan fingerprint density at radius 2 is 1.85 bits per heavy atom. The summed E-state index contributed by atoms with van der Waals surface area (Å²) < 4.78 is 5.19. The van der Waals surface area contributed by atoms with Gasteiger partial charge in [-0.15, -0.1) is 0 Å². The molecule has 13 heavy (non-hydrogen) atoms. The Morgan fingerprint density at radius 1 is 1.23 bits per heavy atom. The second-order valence-corrected chi connectivity index (χ2v) is 4.28. The van der Waals surface area contributed by atoms with Gasteiger partial charge in [-0.2, -0.15) is 0 Å². The fraction of sp³-hybridized carbons (Fsp3) is 0.545. The third kappa shape index (κ3) is 2.44. The van der Waals surface area contributed by atoms with E-state index in [1.807, 2.05) is 19.1 Å². The number of hydrogen-bond acceptors (Lipinski definition) is 2. The average molecular weight is 179 g/mol. The second kappa shape index (κ2) is 3.36. The molecule has 0 atom stereocenters. The van der Waals surface area contributed by atoms with Crippen LogP contribution in [0, 0.1) is 6.92 Å². The maximum Gasteiger partial charge on any atom is 0.122 e. The maximum atomic E-state index is 5.19. The molecule has 1 heterocycles. The van der Waals surface area contributed by atoms with Crippen LogP contribution in [-0.4, -0.2) is 12.1 Å². The first-order chi connectivity index (χ1) is 5.93. The van der Waals surface area contributed by atoms with Gasteiger partial charge in [-0.25, -0.2) is 0 Å². The minimum atomic E-state index is 0.0826. The summed E-state index contributed by atoms with van der Waals surface area (Å²) in [5.41, 5.74) is 2.16. The molecule has 0 spiro atoms. The van der Waals surface area contributed by atoms with Crippen molar-refractivity contribution >= 4 is 0 Å². The molecule has 1 aromatic heterocycles. The van der Waals surface area contributed by atoms with E-state index in [0.717, 1.165) is 17.1 Å². The topological polar surface area (TPSA) is 22.1 Å². The Balaban J connectivity index is 3.16. The molecule has 0 fully saturated rings. The number of nitrogens with zero attached hydrogens (tertiary/aromatic N) is 1. The van der Waals surface area contributed by atoms with Crippen LogP contribution < -0.4 is 4.74 Å². The van der Waals surface area contributed by atoms with E-state index in [1.54, 1.807) is 7.11 Å². The zero-order valence-electron chi connectivity index (χ0n) is 9.01. The number of rotatable bonds is 1. The molecule has 0 N–H and O–H groups in total. The molecule has 0 unspecified atom stereocenters. The van der Waals surface area contributed by atoms with E-state index in [1.165, 1.54) is 0 Å². The Hall–Kier alpha value is -1.05. The highest BCUT2D eigenvalue weighted by Crippen LogP contribution is 2.24. The number of hydrogen-bond donors (Lipinski definition) is 0. The molecule has 0 aromatic carbocycles. The third-order valence-corrected chi connectivity index (χ3v) is 1.93. The lowest BCUT2D eigenvalue weighted by Gasteiger charge is -2.18. The molecule has 0 saturated carbocycles. The van der Waals surface area contributed by atoms with Crippen molar-refractivity contribution in [2.24, 2.45) is 0 Å². The summed E-state index contributed by atoms with van der Waals surface area (Å²) >= 11 is 0. The Kier molecular flexibility index (Phi) is 2.60. The highest BCUT2D eigenvalue weighted by atomic mass is 16.5. The Labute approximate surface area is 80.0 Å². The van der Waals surface area contributed by atoms with Gasteiger partial charge in [-0.1, -0.05) is 20.8 Å². The molecule has 0 bridgehead atoms. The lowest BCUT2D eigenvalue weighted by Crippen LogP contribution is -2.14. The van der Waals surface area contributed by atoms with Crippen LogP contribution in [0.1, 0.15) is 32.2 Å². The molecule has 0 saturated heterocycles. The van der Waals surface area contributed by atoms with Crippen LogP contribution in [0.3, 0.4) is 0 Å². The summed E-state index contributed by atoms with van der Waals surface area (Å²) in [6.45, 7) is 8.43. The summed E-state index contributed by atoms with van der Waals surface area (Å²) in [6, 6.07) is 3.93. The van der Waals surface area contributed by atoms with E-state index in [2.05, 4.69) is 25.8 Å². The molecule has 0 aliphatic heterocycles. The van der Waals surface area contributed by atoms with Gasteiger partial charge < -0.3 is 4.74 Å². The number of aromatic nitrogens is 1. The molecule has 0 radical (unpaired) electrons. The average Bonchev–Trinajstić information content (AvgIpc) is 2.01. The van der Waals surface area contributed by atoms with Gasteiger partial charge >= 0.3 is 0 Å². The zero-order chi connectivity index (χ0) is 10.1. The number of aryl methyl sites for hydroxylation is 1. The molecule has 1 rings (SSSR count). The van der Waals surface area contributed by atoms with Crippen molar-refractivity contribution in [3.05, 3.63) is 23.5 Å². The quantitative estimate of drug-likeness (QED) is 0.661. The Morgan fingerprint density at radius 3 is 2.31 bits per heavy atom. The first-order valence-corrected chi connectivity index (χ1v) is 4.46. The molecule has 1 aromatic rings. The fourth-order valence-electron chi connectivity index (χ4n) is 1.14. The molecule has 2 heteroatoms. The van der Waals surface area contributed by atoms with Crippen LogP contribution in [0.25, 0.3) is 0 Å². The van der Waals surface area contributed by atoms with Crippen LogP contribution in [0.2, 0.25) is 0 Å².